The first kappa shape index (κ1) is 15.0. The largest absolute Gasteiger partial charge is 0.310 e. The predicted octanol–water partition coefficient (Wildman–Crippen LogP) is 2.41. The van der Waals surface area contributed by atoms with E-state index in [-0.39, 0.29) is 5.41 Å². The molecule has 0 atom stereocenters. The lowest BCUT2D eigenvalue weighted by atomic mass is 9.71. The lowest BCUT2D eigenvalue weighted by molar-refractivity contribution is 0.166. The minimum absolute atomic E-state index is 0.151. The molecule has 0 unspecified atom stereocenters. The fourth-order valence-electron chi connectivity index (χ4n) is 2.68. The third-order valence-electron chi connectivity index (χ3n) is 4.63. The van der Waals surface area contributed by atoms with Crippen LogP contribution in [0.15, 0.2) is 29.2 Å². The van der Waals surface area contributed by atoms with E-state index in [0.29, 0.717) is 17.5 Å². The van der Waals surface area contributed by atoms with Crippen molar-refractivity contribution in [3.05, 3.63) is 29.8 Å². The van der Waals surface area contributed by atoms with Crippen molar-refractivity contribution in [3.63, 3.8) is 0 Å². The molecule has 1 aromatic carbocycles. The molecule has 2 aliphatic rings. The summed E-state index contributed by atoms with van der Waals surface area (Å²) in [5, 5.41) is 3.41. The first-order valence-electron chi connectivity index (χ1n) is 7.79. The molecular formula is C16H24N2O2S. The highest BCUT2D eigenvalue weighted by Crippen LogP contribution is 2.39. The fourth-order valence-corrected chi connectivity index (χ4v) is 3.95. The van der Waals surface area contributed by atoms with Gasteiger partial charge in [-0.2, -0.15) is 0 Å². The molecule has 0 saturated heterocycles. The maximum Gasteiger partial charge on any atom is 0.240 e. The van der Waals surface area contributed by atoms with Gasteiger partial charge in [-0.1, -0.05) is 25.5 Å². The molecule has 0 heterocycles. The summed E-state index contributed by atoms with van der Waals surface area (Å²) in [4.78, 5) is 0.375. The van der Waals surface area contributed by atoms with Crippen molar-refractivity contribution in [3.8, 4) is 0 Å². The monoisotopic (exact) mass is 308 g/mol. The van der Waals surface area contributed by atoms with Gasteiger partial charge < -0.3 is 5.32 Å². The lowest BCUT2D eigenvalue weighted by Gasteiger charge is -2.38. The van der Waals surface area contributed by atoms with Crippen LogP contribution >= 0.6 is 0 Å². The number of sulfonamides is 1. The molecule has 1 aromatic rings. The van der Waals surface area contributed by atoms with Gasteiger partial charge in [0.15, 0.2) is 0 Å². The van der Waals surface area contributed by atoms with E-state index in [4.69, 9.17) is 0 Å². The molecule has 4 nitrogen and oxygen atoms in total. The number of nitrogens with one attached hydrogen (secondary N) is 2. The Morgan fingerprint density at radius 2 is 2.05 bits per heavy atom. The van der Waals surface area contributed by atoms with Gasteiger partial charge in [0.25, 0.3) is 0 Å². The normalized spacial score (nSPS) is 21.0. The first-order chi connectivity index (χ1) is 9.97. The zero-order chi connectivity index (χ0) is 14.9. The SMILES string of the molecule is CC1(CNS(=O)(=O)c2cccc(CNC3CC3)c2)CCC1. The predicted molar refractivity (Wildman–Crippen MR) is 83.5 cm³/mol. The Labute approximate surface area is 127 Å². The van der Waals surface area contributed by atoms with Crippen molar-refractivity contribution in [1.29, 1.82) is 0 Å². The highest BCUT2D eigenvalue weighted by Gasteiger charge is 2.33. The summed E-state index contributed by atoms with van der Waals surface area (Å²) >= 11 is 0. The average Bonchev–Trinajstić information content (AvgIpc) is 3.25. The third-order valence-corrected chi connectivity index (χ3v) is 6.03. The Hall–Kier alpha value is -0.910. The van der Waals surface area contributed by atoms with Crippen molar-refractivity contribution >= 4 is 10.0 Å². The second-order valence-electron chi connectivity index (χ2n) is 6.79. The van der Waals surface area contributed by atoms with Crippen LogP contribution in [-0.2, 0) is 16.6 Å². The van der Waals surface area contributed by atoms with Gasteiger partial charge in [0, 0.05) is 19.1 Å². The molecular weight excluding hydrogens is 284 g/mol. The van der Waals surface area contributed by atoms with Crippen molar-refractivity contribution in [2.24, 2.45) is 5.41 Å². The molecule has 0 radical (unpaired) electrons. The number of rotatable bonds is 7. The van der Waals surface area contributed by atoms with Gasteiger partial charge in [-0.3, -0.25) is 0 Å². The highest BCUT2D eigenvalue weighted by molar-refractivity contribution is 7.89. The maximum absolute atomic E-state index is 12.4. The number of hydrogen-bond donors (Lipinski definition) is 2. The topological polar surface area (TPSA) is 58.2 Å². The Morgan fingerprint density at radius 1 is 1.29 bits per heavy atom. The van der Waals surface area contributed by atoms with Crippen LogP contribution in [0.5, 0.6) is 0 Å². The van der Waals surface area contributed by atoms with E-state index in [1.165, 1.54) is 19.3 Å². The molecule has 2 aliphatic carbocycles. The van der Waals surface area contributed by atoms with Crippen LogP contribution in [-0.4, -0.2) is 21.0 Å². The van der Waals surface area contributed by atoms with Gasteiger partial charge in [-0.25, -0.2) is 13.1 Å². The van der Waals surface area contributed by atoms with E-state index in [9.17, 15) is 8.42 Å². The molecule has 2 saturated carbocycles. The summed E-state index contributed by atoms with van der Waals surface area (Å²) in [5.41, 5.74) is 1.18. The van der Waals surface area contributed by atoms with Crippen LogP contribution in [0.3, 0.4) is 0 Å². The minimum Gasteiger partial charge on any atom is -0.310 e. The van der Waals surface area contributed by atoms with Crippen molar-refractivity contribution < 1.29 is 8.42 Å². The molecule has 2 N–H and O–H groups in total. The summed E-state index contributed by atoms with van der Waals surface area (Å²) < 4.78 is 27.6. The summed E-state index contributed by atoms with van der Waals surface area (Å²) in [5.74, 6) is 0. The first-order valence-corrected chi connectivity index (χ1v) is 9.27. The molecule has 2 fully saturated rings. The highest BCUT2D eigenvalue weighted by atomic mass is 32.2. The molecule has 116 valence electrons. The molecule has 5 heteroatoms. The standard InChI is InChI=1S/C16H24N2O2S/c1-16(8-3-9-16)12-18-21(19,20)15-5-2-4-13(10-15)11-17-14-6-7-14/h2,4-5,10,14,17-18H,3,6-9,11-12H2,1H3. The lowest BCUT2D eigenvalue weighted by Crippen LogP contribution is -2.39. The molecule has 0 spiro atoms. The van der Waals surface area contributed by atoms with Crippen molar-refractivity contribution in [1.82, 2.24) is 10.0 Å². The Balaban J connectivity index is 1.64. The smallest absolute Gasteiger partial charge is 0.240 e. The third kappa shape index (κ3) is 3.84. The summed E-state index contributed by atoms with van der Waals surface area (Å²) in [6.45, 7) is 3.43. The molecule has 3 rings (SSSR count). The van der Waals surface area contributed by atoms with Gasteiger partial charge in [0.1, 0.15) is 0 Å². The van der Waals surface area contributed by atoms with Gasteiger partial charge in [-0.05, 0) is 48.8 Å². The van der Waals surface area contributed by atoms with Crippen LogP contribution in [0.2, 0.25) is 0 Å². The Kier molecular flexibility index (Phi) is 4.08. The van der Waals surface area contributed by atoms with E-state index >= 15 is 0 Å². The summed E-state index contributed by atoms with van der Waals surface area (Å²) in [6, 6.07) is 7.87. The summed E-state index contributed by atoms with van der Waals surface area (Å²) in [6.07, 6.45) is 5.90. The summed E-state index contributed by atoms with van der Waals surface area (Å²) in [7, 11) is -3.39. The van der Waals surface area contributed by atoms with E-state index in [2.05, 4.69) is 17.0 Å². The number of hydrogen-bond acceptors (Lipinski definition) is 3. The zero-order valence-corrected chi connectivity index (χ0v) is 13.4. The van der Waals surface area contributed by atoms with Gasteiger partial charge in [-0.15, -0.1) is 0 Å². The second-order valence-corrected chi connectivity index (χ2v) is 8.56. The molecule has 0 amide bonds. The van der Waals surface area contributed by atoms with Crippen LogP contribution in [0.4, 0.5) is 0 Å². The van der Waals surface area contributed by atoms with Crippen LogP contribution < -0.4 is 10.0 Å². The molecule has 0 aliphatic heterocycles. The van der Waals surface area contributed by atoms with Gasteiger partial charge >= 0.3 is 0 Å². The molecule has 0 bridgehead atoms. The van der Waals surface area contributed by atoms with E-state index in [1.807, 2.05) is 12.1 Å². The van der Waals surface area contributed by atoms with Crippen LogP contribution in [0, 0.1) is 5.41 Å². The zero-order valence-electron chi connectivity index (χ0n) is 12.6. The van der Waals surface area contributed by atoms with Gasteiger partial charge in [0.05, 0.1) is 4.90 Å². The van der Waals surface area contributed by atoms with Gasteiger partial charge in [0.2, 0.25) is 10.0 Å². The Bertz CT molecular complexity index is 604. The average molecular weight is 308 g/mol. The van der Waals surface area contributed by atoms with E-state index in [1.54, 1.807) is 12.1 Å². The van der Waals surface area contributed by atoms with E-state index < -0.39 is 10.0 Å². The quantitative estimate of drug-likeness (QED) is 0.813. The molecule has 21 heavy (non-hydrogen) atoms. The fraction of sp³-hybridized carbons (Fsp3) is 0.625. The minimum atomic E-state index is -3.39. The van der Waals surface area contributed by atoms with Crippen molar-refractivity contribution in [2.45, 2.75) is 56.5 Å². The van der Waals surface area contributed by atoms with Crippen LogP contribution in [0.1, 0.15) is 44.6 Å². The maximum atomic E-state index is 12.4. The molecule has 0 aromatic heterocycles. The second kappa shape index (κ2) is 5.71. The van der Waals surface area contributed by atoms with Crippen molar-refractivity contribution in [2.75, 3.05) is 6.54 Å². The van der Waals surface area contributed by atoms with Crippen LogP contribution in [0.25, 0.3) is 0 Å². The van der Waals surface area contributed by atoms with E-state index in [0.717, 1.165) is 24.9 Å². The Morgan fingerprint density at radius 3 is 2.67 bits per heavy atom. The number of benzene rings is 1.